The minimum Gasteiger partial charge on any atom is -0.488 e. The Kier molecular flexibility index (Phi) is 6.15. The number of hydrogen-bond acceptors (Lipinski definition) is 3. The Labute approximate surface area is 202 Å². The van der Waals surface area contributed by atoms with Gasteiger partial charge in [0.2, 0.25) is 0 Å². The maximum absolute atomic E-state index is 6.44. The van der Waals surface area contributed by atoms with E-state index in [4.69, 9.17) is 16.2 Å². The molecule has 1 aromatic carbocycles. The summed E-state index contributed by atoms with van der Waals surface area (Å²) in [6.07, 6.45) is 15.5. The van der Waals surface area contributed by atoms with Gasteiger partial charge >= 0.3 is 0 Å². The van der Waals surface area contributed by atoms with Crippen LogP contribution in [0.3, 0.4) is 0 Å². The molecule has 4 fully saturated rings. The van der Waals surface area contributed by atoms with Crippen LogP contribution in [0, 0.1) is 46.3 Å². The van der Waals surface area contributed by atoms with Gasteiger partial charge in [-0.05, 0) is 122 Å². The van der Waals surface area contributed by atoms with E-state index in [1.165, 1.54) is 64.2 Å². The number of nitrogen functional groups attached to an aromatic ring is 2. The first-order valence-corrected chi connectivity index (χ1v) is 14.1. The quantitative estimate of drug-likeness (QED) is 0.450. The summed E-state index contributed by atoms with van der Waals surface area (Å²) in [4.78, 5) is 0. The van der Waals surface area contributed by atoms with Crippen LogP contribution >= 0.6 is 0 Å². The monoisotopic (exact) mass is 452 g/mol. The van der Waals surface area contributed by atoms with Gasteiger partial charge in [-0.2, -0.15) is 0 Å². The number of benzene rings is 1. The van der Waals surface area contributed by atoms with Gasteiger partial charge in [0.1, 0.15) is 5.75 Å². The first-order valence-electron chi connectivity index (χ1n) is 14.1. The number of hydrogen-bond donors (Lipinski definition) is 2. The lowest BCUT2D eigenvalue weighted by atomic mass is 9.44. The molecule has 2 unspecified atom stereocenters. The van der Waals surface area contributed by atoms with Gasteiger partial charge < -0.3 is 16.2 Å². The Morgan fingerprint density at radius 1 is 0.970 bits per heavy atom. The molecule has 3 nitrogen and oxygen atoms in total. The third-order valence-corrected chi connectivity index (χ3v) is 11.4. The summed E-state index contributed by atoms with van der Waals surface area (Å²) in [6.45, 7) is 10.3. The van der Waals surface area contributed by atoms with Crippen molar-refractivity contribution in [1.82, 2.24) is 0 Å². The summed E-state index contributed by atoms with van der Waals surface area (Å²) in [6, 6.07) is 5.68. The lowest BCUT2D eigenvalue weighted by Gasteiger charge is -2.61. The molecule has 1 aromatic rings. The lowest BCUT2D eigenvalue weighted by Crippen LogP contribution is -2.54. The molecular weight excluding hydrogens is 404 g/mol. The molecule has 0 spiro atoms. The van der Waals surface area contributed by atoms with Gasteiger partial charge in [-0.25, -0.2) is 0 Å². The maximum atomic E-state index is 6.44. The second kappa shape index (κ2) is 8.68. The highest BCUT2D eigenvalue weighted by Crippen LogP contribution is 2.68. The molecule has 4 N–H and O–H groups in total. The van der Waals surface area contributed by atoms with Crippen LogP contribution in [-0.2, 0) is 0 Å². The Bertz CT molecular complexity index is 854. The van der Waals surface area contributed by atoms with E-state index in [2.05, 4.69) is 27.7 Å². The van der Waals surface area contributed by atoms with Crippen LogP contribution in [0.1, 0.15) is 98.3 Å². The minimum absolute atomic E-state index is 0.296. The van der Waals surface area contributed by atoms with Crippen LogP contribution in [0.2, 0.25) is 0 Å². The molecule has 0 saturated heterocycles. The molecule has 4 saturated carbocycles. The second-order valence-electron chi connectivity index (χ2n) is 13.0. The largest absolute Gasteiger partial charge is 0.488 e. The average Bonchev–Trinajstić information content (AvgIpc) is 3.13. The van der Waals surface area contributed by atoms with E-state index < -0.39 is 0 Å². The minimum atomic E-state index is 0.296. The van der Waals surface area contributed by atoms with Gasteiger partial charge in [-0.3, -0.25) is 0 Å². The van der Waals surface area contributed by atoms with E-state index in [1.54, 1.807) is 0 Å². The third kappa shape index (κ3) is 3.86. The number of nitrogens with two attached hydrogens (primary N) is 2. The molecule has 33 heavy (non-hydrogen) atoms. The fourth-order valence-corrected chi connectivity index (χ4v) is 9.81. The van der Waals surface area contributed by atoms with E-state index in [1.807, 2.05) is 18.2 Å². The summed E-state index contributed by atoms with van der Waals surface area (Å²) in [7, 11) is 0. The molecule has 0 bridgehead atoms. The van der Waals surface area contributed by atoms with Gasteiger partial charge in [0.25, 0.3) is 0 Å². The summed E-state index contributed by atoms with van der Waals surface area (Å²) in [5.41, 5.74) is 14.6. The zero-order valence-corrected chi connectivity index (χ0v) is 21.6. The standard InChI is InChI=1S/C30H48N2O/c1-5-6-19(2)24-10-11-25-23-9-7-20-17-22(33-28-12-8-21(31)18-27(28)32)13-15-29(20,3)26(23)14-16-30(24,25)4/h8,12,18-20,22-26H,5-7,9-11,13-17,31-32H2,1-4H3/t19-,20?,22?,23+,24-,25+,26+,29+,30-/m1/s1. The van der Waals surface area contributed by atoms with E-state index in [-0.39, 0.29) is 0 Å². The Morgan fingerprint density at radius 3 is 2.48 bits per heavy atom. The molecule has 9 atom stereocenters. The second-order valence-corrected chi connectivity index (χ2v) is 13.0. The predicted octanol–water partition coefficient (Wildman–Crippen LogP) is 7.69. The van der Waals surface area contributed by atoms with Crippen LogP contribution in [-0.4, -0.2) is 6.10 Å². The number of fused-ring (bicyclic) bond motifs is 5. The predicted molar refractivity (Wildman–Crippen MR) is 139 cm³/mol. The Hall–Kier alpha value is -1.38. The molecule has 3 heteroatoms. The SMILES string of the molecule is CCC[C@@H](C)[C@H]1CC[C@H]2[C@@H]3CCC4CC(Oc5ccc(N)cc5N)CC[C@]4(C)[C@H]3CC[C@]12C. The van der Waals surface area contributed by atoms with Crippen LogP contribution in [0.25, 0.3) is 0 Å². The highest BCUT2D eigenvalue weighted by Gasteiger charge is 2.60. The lowest BCUT2D eigenvalue weighted by molar-refractivity contribution is -0.126. The topological polar surface area (TPSA) is 61.3 Å². The molecule has 0 aromatic heterocycles. The molecule has 0 radical (unpaired) electrons. The smallest absolute Gasteiger partial charge is 0.142 e. The van der Waals surface area contributed by atoms with Gasteiger partial charge in [-0.15, -0.1) is 0 Å². The van der Waals surface area contributed by atoms with Crippen LogP contribution in [0.4, 0.5) is 11.4 Å². The number of ether oxygens (including phenoxy) is 1. The van der Waals surface area contributed by atoms with Gasteiger partial charge in [0.15, 0.2) is 0 Å². The van der Waals surface area contributed by atoms with Crippen molar-refractivity contribution >= 4 is 11.4 Å². The van der Waals surface area contributed by atoms with Gasteiger partial charge in [-0.1, -0.05) is 40.5 Å². The van der Waals surface area contributed by atoms with Crippen molar-refractivity contribution in [2.75, 3.05) is 11.5 Å². The van der Waals surface area contributed by atoms with E-state index in [0.717, 1.165) is 47.7 Å². The van der Waals surface area contributed by atoms with Crippen molar-refractivity contribution < 1.29 is 4.74 Å². The van der Waals surface area contributed by atoms with Gasteiger partial charge in [0.05, 0.1) is 11.8 Å². The van der Waals surface area contributed by atoms with Crippen molar-refractivity contribution in [1.29, 1.82) is 0 Å². The van der Waals surface area contributed by atoms with Crippen LogP contribution < -0.4 is 16.2 Å². The normalized spacial score (nSPS) is 43.3. The van der Waals surface area contributed by atoms with E-state index >= 15 is 0 Å². The van der Waals surface area contributed by atoms with Crippen molar-refractivity contribution in [2.24, 2.45) is 46.3 Å². The highest BCUT2D eigenvalue weighted by atomic mass is 16.5. The zero-order valence-electron chi connectivity index (χ0n) is 21.6. The summed E-state index contributed by atoms with van der Waals surface area (Å²) < 4.78 is 6.44. The summed E-state index contributed by atoms with van der Waals surface area (Å²) in [5.74, 6) is 6.35. The fourth-order valence-electron chi connectivity index (χ4n) is 9.81. The van der Waals surface area contributed by atoms with Crippen LogP contribution in [0.15, 0.2) is 18.2 Å². The Balaban J connectivity index is 1.28. The number of rotatable bonds is 5. The highest BCUT2D eigenvalue weighted by molar-refractivity contribution is 5.60. The van der Waals surface area contributed by atoms with Crippen molar-refractivity contribution in [3.05, 3.63) is 18.2 Å². The van der Waals surface area contributed by atoms with E-state index in [0.29, 0.717) is 28.3 Å². The van der Waals surface area contributed by atoms with E-state index in [9.17, 15) is 0 Å². The van der Waals surface area contributed by atoms with Crippen molar-refractivity contribution in [3.8, 4) is 5.75 Å². The van der Waals surface area contributed by atoms with Gasteiger partial charge in [0, 0.05) is 5.69 Å². The molecule has 4 aliphatic carbocycles. The molecule has 5 rings (SSSR count). The molecule has 0 aliphatic heterocycles. The summed E-state index contributed by atoms with van der Waals surface area (Å²) in [5, 5.41) is 0. The first kappa shape index (κ1) is 23.4. The third-order valence-electron chi connectivity index (χ3n) is 11.4. The Morgan fingerprint density at radius 2 is 1.73 bits per heavy atom. The van der Waals surface area contributed by atoms with Crippen molar-refractivity contribution in [3.63, 3.8) is 0 Å². The molecule has 0 heterocycles. The molecule has 184 valence electrons. The zero-order chi connectivity index (χ0) is 23.4. The fraction of sp³-hybridized carbons (Fsp3) is 0.800. The maximum Gasteiger partial charge on any atom is 0.142 e. The molecule has 4 aliphatic rings. The van der Waals surface area contributed by atoms with Crippen molar-refractivity contribution in [2.45, 2.75) is 104 Å². The molecule has 0 amide bonds. The van der Waals surface area contributed by atoms with Crippen LogP contribution in [0.5, 0.6) is 5.75 Å². The number of anilines is 2. The first-order chi connectivity index (χ1) is 15.8. The molecular formula is C30H48N2O. The average molecular weight is 453 g/mol. The summed E-state index contributed by atoms with van der Waals surface area (Å²) >= 11 is 0.